The van der Waals surface area contributed by atoms with Crippen LogP contribution in [0.5, 0.6) is 0 Å². The molecule has 0 unspecified atom stereocenters. The fraction of sp³-hybridized carbons (Fsp3) is 0.308. The van der Waals surface area contributed by atoms with Gasteiger partial charge in [0.15, 0.2) is 0 Å². The molecule has 1 aromatic rings. The standard InChI is InChI=1S/C13H13NO4/c1-3-17-12(15)10-6-5-9(8-14)7-11(10)13(16)18-4-2/h5-7H,3-4H2,1-2H3. The van der Waals surface area contributed by atoms with Gasteiger partial charge in [-0.05, 0) is 32.0 Å². The Morgan fingerprint density at radius 2 is 1.67 bits per heavy atom. The van der Waals surface area contributed by atoms with E-state index in [0.29, 0.717) is 0 Å². The Morgan fingerprint density at radius 1 is 1.11 bits per heavy atom. The topological polar surface area (TPSA) is 76.4 Å². The molecule has 0 fully saturated rings. The van der Waals surface area contributed by atoms with E-state index in [1.54, 1.807) is 13.8 Å². The highest BCUT2D eigenvalue weighted by Crippen LogP contribution is 2.14. The number of benzene rings is 1. The molecule has 94 valence electrons. The van der Waals surface area contributed by atoms with Crippen LogP contribution in [-0.2, 0) is 9.47 Å². The van der Waals surface area contributed by atoms with Crippen LogP contribution in [0.1, 0.15) is 40.1 Å². The third-order valence-corrected chi connectivity index (χ3v) is 2.14. The van der Waals surface area contributed by atoms with E-state index in [0.717, 1.165) is 0 Å². The SMILES string of the molecule is CCOC(=O)c1ccc(C#N)cc1C(=O)OCC. The third-order valence-electron chi connectivity index (χ3n) is 2.14. The van der Waals surface area contributed by atoms with Crippen LogP contribution in [0.15, 0.2) is 18.2 Å². The summed E-state index contributed by atoms with van der Waals surface area (Å²) < 4.78 is 9.68. The highest BCUT2D eigenvalue weighted by Gasteiger charge is 2.19. The van der Waals surface area contributed by atoms with Gasteiger partial charge in [-0.1, -0.05) is 0 Å². The minimum Gasteiger partial charge on any atom is -0.462 e. The Hall–Kier alpha value is -2.35. The summed E-state index contributed by atoms with van der Waals surface area (Å²) >= 11 is 0. The minimum atomic E-state index is -0.641. The number of nitriles is 1. The summed E-state index contributed by atoms with van der Waals surface area (Å²) in [5.74, 6) is -1.25. The van der Waals surface area contributed by atoms with E-state index in [4.69, 9.17) is 14.7 Å². The summed E-state index contributed by atoms with van der Waals surface area (Å²) in [6, 6.07) is 6.07. The fourth-order valence-corrected chi connectivity index (χ4v) is 1.38. The molecule has 0 bridgehead atoms. The minimum absolute atomic E-state index is 0.0503. The predicted octanol–water partition coefficient (Wildman–Crippen LogP) is 1.91. The molecule has 0 saturated heterocycles. The van der Waals surface area contributed by atoms with Crippen molar-refractivity contribution in [3.8, 4) is 6.07 Å². The Labute approximate surface area is 105 Å². The lowest BCUT2D eigenvalue weighted by Gasteiger charge is -2.08. The van der Waals surface area contributed by atoms with E-state index in [2.05, 4.69) is 0 Å². The first kappa shape index (κ1) is 13.7. The normalized spacial score (nSPS) is 9.39. The second-order valence-electron chi connectivity index (χ2n) is 3.31. The maximum atomic E-state index is 11.7. The first-order valence-corrected chi connectivity index (χ1v) is 5.52. The second-order valence-corrected chi connectivity index (χ2v) is 3.31. The number of carbonyl (C=O) groups excluding carboxylic acids is 2. The molecule has 0 radical (unpaired) electrons. The van der Waals surface area contributed by atoms with Gasteiger partial charge in [0.2, 0.25) is 0 Å². The summed E-state index contributed by atoms with van der Waals surface area (Å²) in [7, 11) is 0. The molecule has 0 N–H and O–H groups in total. The maximum absolute atomic E-state index is 11.7. The van der Waals surface area contributed by atoms with E-state index in [1.165, 1.54) is 18.2 Å². The monoisotopic (exact) mass is 247 g/mol. The van der Waals surface area contributed by atoms with Crippen LogP contribution in [0, 0.1) is 11.3 Å². The maximum Gasteiger partial charge on any atom is 0.339 e. The molecule has 0 saturated carbocycles. The van der Waals surface area contributed by atoms with Crippen molar-refractivity contribution in [2.45, 2.75) is 13.8 Å². The number of ether oxygens (including phenoxy) is 2. The highest BCUT2D eigenvalue weighted by atomic mass is 16.5. The molecule has 5 nitrogen and oxygen atoms in total. The second kappa shape index (κ2) is 6.40. The first-order chi connectivity index (χ1) is 8.63. The zero-order valence-electron chi connectivity index (χ0n) is 10.2. The van der Waals surface area contributed by atoms with Gasteiger partial charge in [0.25, 0.3) is 0 Å². The molecule has 1 rings (SSSR count). The lowest BCUT2D eigenvalue weighted by molar-refractivity contribution is 0.0479. The Balaban J connectivity index is 3.21. The van der Waals surface area contributed by atoms with E-state index < -0.39 is 11.9 Å². The van der Waals surface area contributed by atoms with Crippen molar-refractivity contribution in [3.63, 3.8) is 0 Å². The summed E-state index contributed by atoms with van der Waals surface area (Å²) in [6.45, 7) is 3.74. The average molecular weight is 247 g/mol. The first-order valence-electron chi connectivity index (χ1n) is 5.52. The van der Waals surface area contributed by atoms with Crippen LogP contribution in [0.3, 0.4) is 0 Å². The number of rotatable bonds is 4. The van der Waals surface area contributed by atoms with Crippen LogP contribution in [-0.4, -0.2) is 25.2 Å². The summed E-state index contributed by atoms with van der Waals surface area (Å²) in [5.41, 5.74) is 0.440. The van der Waals surface area contributed by atoms with Gasteiger partial charge < -0.3 is 9.47 Å². The van der Waals surface area contributed by atoms with Crippen LogP contribution < -0.4 is 0 Å². The van der Waals surface area contributed by atoms with Crippen LogP contribution >= 0.6 is 0 Å². The number of carbonyl (C=O) groups is 2. The van der Waals surface area contributed by atoms with E-state index in [-0.39, 0.29) is 29.9 Å². The van der Waals surface area contributed by atoms with E-state index in [9.17, 15) is 9.59 Å². The van der Waals surface area contributed by atoms with Gasteiger partial charge in [0.1, 0.15) is 0 Å². The predicted molar refractivity (Wildman–Crippen MR) is 63.1 cm³/mol. The molecule has 0 aliphatic heterocycles. The van der Waals surface area contributed by atoms with Gasteiger partial charge in [-0.25, -0.2) is 9.59 Å². The molecular formula is C13H13NO4. The summed E-state index contributed by atoms with van der Waals surface area (Å²) in [4.78, 5) is 23.4. The summed E-state index contributed by atoms with van der Waals surface area (Å²) in [6.07, 6.45) is 0. The van der Waals surface area contributed by atoms with Crippen molar-refractivity contribution in [2.24, 2.45) is 0 Å². The number of esters is 2. The van der Waals surface area contributed by atoms with E-state index in [1.807, 2.05) is 6.07 Å². The molecule has 0 spiro atoms. The van der Waals surface area contributed by atoms with Gasteiger partial charge >= 0.3 is 11.9 Å². The van der Waals surface area contributed by atoms with Gasteiger partial charge in [0.05, 0.1) is 36.0 Å². The molecule has 0 amide bonds. The molecule has 0 aliphatic carbocycles. The van der Waals surface area contributed by atoms with Crippen molar-refractivity contribution in [1.29, 1.82) is 5.26 Å². The number of hydrogen-bond acceptors (Lipinski definition) is 5. The molecule has 1 aromatic carbocycles. The Kier molecular flexibility index (Phi) is 4.88. The van der Waals surface area contributed by atoms with Crippen LogP contribution in [0.25, 0.3) is 0 Å². The van der Waals surface area contributed by atoms with Crippen molar-refractivity contribution < 1.29 is 19.1 Å². The molecule has 0 atom stereocenters. The average Bonchev–Trinajstić information content (AvgIpc) is 2.38. The van der Waals surface area contributed by atoms with Crippen LogP contribution in [0.2, 0.25) is 0 Å². The number of nitrogens with zero attached hydrogens (tertiary/aromatic N) is 1. The van der Waals surface area contributed by atoms with Crippen molar-refractivity contribution in [3.05, 3.63) is 34.9 Å². The molecule has 5 heteroatoms. The van der Waals surface area contributed by atoms with Crippen LogP contribution in [0.4, 0.5) is 0 Å². The Morgan fingerprint density at radius 3 is 2.17 bits per heavy atom. The van der Waals surface area contributed by atoms with Gasteiger partial charge in [-0.15, -0.1) is 0 Å². The smallest absolute Gasteiger partial charge is 0.339 e. The molecule has 0 aliphatic rings. The lowest BCUT2D eigenvalue weighted by Crippen LogP contribution is -2.14. The molecule has 18 heavy (non-hydrogen) atoms. The largest absolute Gasteiger partial charge is 0.462 e. The zero-order chi connectivity index (χ0) is 13.5. The third kappa shape index (κ3) is 3.08. The van der Waals surface area contributed by atoms with E-state index >= 15 is 0 Å². The molecule has 0 heterocycles. The Bertz CT molecular complexity index is 502. The van der Waals surface area contributed by atoms with Crippen molar-refractivity contribution in [2.75, 3.05) is 13.2 Å². The molecular weight excluding hydrogens is 234 g/mol. The van der Waals surface area contributed by atoms with Gasteiger partial charge in [-0.2, -0.15) is 5.26 Å². The fourth-order valence-electron chi connectivity index (χ4n) is 1.38. The lowest BCUT2D eigenvalue weighted by atomic mass is 10.0. The zero-order valence-corrected chi connectivity index (χ0v) is 10.2. The van der Waals surface area contributed by atoms with Gasteiger partial charge in [-0.3, -0.25) is 0 Å². The van der Waals surface area contributed by atoms with Crippen molar-refractivity contribution in [1.82, 2.24) is 0 Å². The highest BCUT2D eigenvalue weighted by molar-refractivity contribution is 6.03. The quantitative estimate of drug-likeness (QED) is 0.759. The van der Waals surface area contributed by atoms with Crippen molar-refractivity contribution >= 4 is 11.9 Å². The molecule has 0 aromatic heterocycles. The number of hydrogen-bond donors (Lipinski definition) is 0. The van der Waals surface area contributed by atoms with Gasteiger partial charge in [0, 0.05) is 0 Å². The summed E-state index contributed by atoms with van der Waals surface area (Å²) in [5, 5.41) is 8.79.